The van der Waals surface area contributed by atoms with Crippen molar-refractivity contribution in [2.24, 2.45) is 0 Å². The number of nitrogens with one attached hydrogen (secondary N) is 1. The van der Waals surface area contributed by atoms with E-state index in [0.717, 1.165) is 11.1 Å². The second-order valence-corrected chi connectivity index (χ2v) is 9.86. The number of sulfonamides is 1. The van der Waals surface area contributed by atoms with Gasteiger partial charge in [-0.15, -0.1) is 0 Å². The first-order valence-corrected chi connectivity index (χ1v) is 11.9. The van der Waals surface area contributed by atoms with Crippen LogP contribution in [0.25, 0.3) is 0 Å². The summed E-state index contributed by atoms with van der Waals surface area (Å²) >= 11 is 0. The van der Waals surface area contributed by atoms with E-state index in [4.69, 9.17) is 0 Å². The average molecular weight is 430 g/mol. The fraction of sp³-hybridized carbons (Fsp3) is 0.435. The van der Waals surface area contributed by atoms with Crippen molar-refractivity contribution in [3.8, 4) is 0 Å². The van der Waals surface area contributed by atoms with E-state index in [9.17, 15) is 13.2 Å². The van der Waals surface area contributed by atoms with Crippen LogP contribution in [0.1, 0.15) is 37.4 Å². The molecule has 1 aliphatic heterocycles. The number of aryl methyl sites for hydroxylation is 1. The average Bonchev–Trinajstić information content (AvgIpc) is 3.01. The Bertz CT molecular complexity index is 945. The molecule has 1 fully saturated rings. The Morgan fingerprint density at radius 3 is 2.27 bits per heavy atom. The molecule has 7 heteroatoms. The summed E-state index contributed by atoms with van der Waals surface area (Å²) in [6.07, 6.45) is 0.691. The molecule has 0 spiro atoms. The van der Waals surface area contributed by atoms with Crippen LogP contribution in [0.3, 0.4) is 0 Å². The molecule has 1 heterocycles. The van der Waals surface area contributed by atoms with Gasteiger partial charge in [-0.05, 0) is 44.9 Å². The van der Waals surface area contributed by atoms with Gasteiger partial charge in [0.15, 0.2) is 0 Å². The zero-order valence-electron chi connectivity index (χ0n) is 17.9. The molecular formula is C23H31N3O3S. The van der Waals surface area contributed by atoms with E-state index >= 15 is 0 Å². The molecule has 30 heavy (non-hydrogen) atoms. The zero-order chi connectivity index (χ0) is 21.7. The molecule has 3 rings (SSSR count). The lowest BCUT2D eigenvalue weighted by Crippen LogP contribution is -2.47. The molecule has 1 amide bonds. The lowest BCUT2D eigenvalue weighted by molar-refractivity contribution is -0.126. The van der Waals surface area contributed by atoms with E-state index < -0.39 is 10.0 Å². The Kier molecular flexibility index (Phi) is 7.28. The molecule has 2 aromatic rings. The number of carbonyl (C=O) groups is 1. The van der Waals surface area contributed by atoms with E-state index in [1.807, 2.05) is 63.2 Å². The minimum absolute atomic E-state index is 0.0406. The summed E-state index contributed by atoms with van der Waals surface area (Å²) in [5, 5.41) is 3.07. The van der Waals surface area contributed by atoms with Gasteiger partial charge in [-0.3, -0.25) is 9.69 Å². The second-order valence-electron chi connectivity index (χ2n) is 7.92. The molecule has 6 nitrogen and oxygen atoms in total. The Balaban J connectivity index is 1.61. The highest BCUT2D eigenvalue weighted by molar-refractivity contribution is 7.89. The minimum atomic E-state index is -3.52. The van der Waals surface area contributed by atoms with Gasteiger partial charge in [0.2, 0.25) is 15.9 Å². The largest absolute Gasteiger partial charge is 0.348 e. The first kappa shape index (κ1) is 22.5. The highest BCUT2D eigenvalue weighted by Gasteiger charge is 2.30. The summed E-state index contributed by atoms with van der Waals surface area (Å²) in [4.78, 5) is 15.2. The van der Waals surface area contributed by atoms with Crippen LogP contribution in [0.5, 0.6) is 0 Å². The number of benzene rings is 2. The van der Waals surface area contributed by atoms with Gasteiger partial charge in [0.05, 0.1) is 17.0 Å². The van der Waals surface area contributed by atoms with Crippen LogP contribution in [-0.2, 0) is 14.8 Å². The van der Waals surface area contributed by atoms with Gasteiger partial charge >= 0.3 is 0 Å². The molecule has 0 saturated carbocycles. The maximum atomic E-state index is 13.0. The molecule has 1 saturated heterocycles. The van der Waals surface area contributed by atoms with Crippen molar-refractivity contribution < 1.29 is 13.2 Å². The second kappa shape index (κ2) is 9.73. The predicted molar refractivity (Wildman–Crippen MR) is 119 cm³/mol. The highest BCUT2D eigenvalue weighted by atomic mass is 32.2. The standard InChI is InChI=1S/C23H31N3O3S/c1-18-10-12-22(13-11-18)30(28,29)26-15-7-14-25(16-17-26)20(3)23(27)24-19(2)21-8-5-4-6-9-21/h4-6,8-13,19-20H,7,14-17H2,1-3H3,(H,24,27)/t19-,20+/m0/s1. The molecule has 1 aliphatic rings. The van der Waals surface area contributed by atoms with Crippen molar-refractivity contribution in [3.05, 3.63) is 65.7 Å². The number of hydrogen-bond acceptors (Lipinski definition) is 4. The molecule has 1 N–H and O–H groups in total. The number of amides is 1. The number of carbonyl (C=O) groups excluding carboxylic acids is 1. The van der Waals surface area contributed by atoms with Crippen molar-refractivity contribution in [1.82, 2.24) is 14.5 Å². The van der Waals surface area contributed by atoms with Gasteiger partial charge in [0.25, 0.3) is 0 Å². The molecule has 0 aliphatic carbocycles. The smallest absolute Gasteiger partial charge is 0.243 e. The predicted octanol–water partition coefficient (Wildman–Crippen LogP) is 2.96. The highest BCUT2D eigenvalue weighted by Crippen LogP contribution is 2.19. The molecular weight excluding hydrogens is 398 g/mol. The molecule has 0 unspecified atom stereocenters. The molecule has 0 aromatic heterocycles. The molecule has 2 atom stereocenters. The monoisotopic (exact) mass is 429 g/mol. The van der Waals surface area contributed by atoms with E-state index in [0.29, 0.717) is 37.5 Å². The molecule has 0 radical (unpaired) electrons. The van der Waals surface area contributed by atoms with Gasteiger partial charge in [0, 0.05) is 26.2 Å². The van der Waals surface area contributed by atoms with E-state index in [1.165, 1.54) is 4.31 Å². The molecule has 0 bridgehead atoms. The Labute approximate surface area is 179 Å². The van der Waals surface area contributed by atoms with Crippen LogP contribution in [0.4, 0.5) is 0 Å². The normalized spacial score (nSPS) is 18.4. The quantitative estimate of drug-likeness (QED) is 0.767. The van der Waals surface area contributed by atoms with Crippen molar-refractivity contribution in [3.63, 3.8) is 0 Å². The first-order chi connectivity index (χ1) is 14.3. The van der Waals surface area contributed by atoms with E-state index in [1.54, 1.807) is 12.1 Å². The van der Waals surface area contributed by atoms with Crippen LogP contribution in [-0.4, -0.2) is 55.8 Å². The summed E-state index contributed by atoms with van der Waals surface area (Å²) in [5.41, 5.74) is 2.09. The lowest BCUT2D eigenvalue weighted by atomic mass is 10.1. The maximum absolute atomic E-state index is 13.0. The molecule has 162 valence electrons. The summed E-state index contributed by atoms with van der Waals surface area (Å²) in [6, 6.07) is 16.4. The third-order valence-electron chi connectivity index (χ3n) is 5.73. The Hall–Kier alpha value is -2.22. The topological polar surface area (TPSA) is 69.7 Å². The third kappa shape index (κ3) is 5.28. The van der Waals surface area contributed by atoms with Gasteiger partial charge in [-0.25, -0.2) is 8.42 Å². The van der Waals surface area contributed by atoms with Crippen molar-refractivity contribution in [1.29, 1.82) is 0 Å². The van der Waals surface area contributed by atoms with E-state index in [-0.39, 0.29) is 18.0 Å². The van der Waals surface area contributed by atoms with Gasteiger partial charge in [-0.2, -0.15) is 4.31 Å². The number of rotatable bonds is 6. The maximum Gasteiger partial charge on any atom is 0.243 e. The summed E-state index contributed by atoms with van der Waals surface area (Å²) in [5.74, 6) is -0.0406. The van der Waals surface area contributed by atoms with Crippen LogP contribution in [0.2, 0.25) is 0 Å². The minimum Gasteiger partial charge on any atom is -0.348 e. The fourth-order valence-corrected chi connectivity index (χ4v) is 5.20. The lowest BCUT2D eigenvalue weighted by Gasteiger charge is -2.28. The summed E-state index contributed by atoms with van der Waals surface area (Å²) in [6.45, 7) is 7.85. The third-order valence-corrected chi connectivity index (χ3v) is 7.65. The zero-order valence-corrected chi connectivity index (χ0v) is 18.7. The Morgan fingerprint density at radius 1 is 0.933 bits per heavy atom. The summed E-state index contributed by atoms with van der Waals surface area (Å²) in [7, 11) is -3.52. The fourth-order valence-electron chi connectivity index (χ4n) is 3.73. The van der Waals surface area contributed by atoms with E-state index in [2.05, 4.69) is 10.2 Å². The number of hydrogen-bond donors (Lipinski definition) is 1. The SMILES string of the molecule is Cc1ccc(S(=O)(=O)N2CCCN([C@H](C)C(=O)N[C@@H](C)c3ccccc3)CC2)cc1. The molecule has 2 aromatic carbocycles. The van der Waals surface area contributed by atoms with Gasteiger partial charge < -0.3 is 5.32 Å². The van der Waals surface area contributed by atoms with Crippen molar-refractivity contribution in [2.75, 3.05) is 26.2 Å². The number of nitrogens with zero attached hydrogens (tertiary/aromatic N) is 2. The van der Waals surface area contributed by atoms with Gasteiger partial charge in [-0.1, -0.05) is 48.0 Å². The van der Waals surface area contributed by atoms with Gasteiger partial charge in [0.1, 0.15) is 0 Å². The van der Waals surface area contributed by atoms with Crippen LogP contribution < -0.4 is 5.32 Å². The van der Waals surface area contributed by atoms with Crippen molar-refractivity contribution >= 4 is 15.9 Å². The van der Waals surface area contributed by atoms with Crippen LogP contribution >= 0.6 is 0 Å². The van der Waals surface area contributed by atoms with Crippen LogP contribution in [0, 0.1) is 6.92 Å². The Morgan fingerprint density at radius 2 is 1.60 bits per heavy atom. The summed E-state index contributed by atoms with van der Waals surface area (Å²) < 4.78 is 27.5. The first-order valence-electron chi connectivity index (χ1n) is 10.5. The van der Waals surface area contributed by atoms with Crippen molar-refractivity contribution in [2.45, 2.75) is 44.2 Å². The van der Waals surface area contributed by atoms with Crippen LogP contribution in [0.15, 0.2) is 59.5 Å².